The highest BCUT2D eigenvalue weighted by molar-refractivity contribution is 5.70. The van der Waals surface area contributed by atoms with E-state index < -0.39 is 5.97 Å². The van der Waals surface area contributed by atoms with E-state index in [2.05, 4.69) is 4.90 Å². The lowest BCUT2D eigenvalue weighted by atomic mass is 9.98. The quantitative estimate of drug-likeness (QED) is 0.738. The Balaban J connectivity index is 1.98. The Kier molecular flexibility index (Phi) is 6.67. The molecule has 1 aliphatic heterocycles. The summed E-state index contributed by atoms with van der Waals surface area (Å²) in [5.41, 5.74) is 1.09. The van der Waals surface area contributed by atoms with Crippen molar-refractivity contribution < 1.29 is 24.1 Å². The number of hydrogen-bond donors (Lipinski definition) is 1. The van der Waals surface area contributed by atoms with Gasteiger partial charge in [0.05, 0.1) is 19.6 Å². The first kappa shape index (κ1) is 17.6. The molecule has 1 aliphatic rings. The van der Waals surface area contributed by atoms with Gasteiger partial charge in [-0.15, -0.1) is 0 Å². The molecule has 1 aromatic rings. The number of carbonyl (C=O) groups is 1. The van der Waals surface area contributed by atoms with E-state index in [-0.39, 0.29) is 5.92 Å². The number of aliphatic carboxylic acids is 1. The third-order valence-electron chi connectivity index (χ3n) is 4.03. The van der Waals surface area contributed by atoms with Gasteiger partial charge in [-0.05, 0) is 37.1 Å². The van der Waals surface area contributed by atoms with Crippen LogP contribution in [0.15, 0.2) is 18.2 Å². The molecule has 1 atom stereocenters. The molecule has 0 spiro atoms. The molecule has 1 fully saturated rings. The molecule has 2 rings (SSSR count). The zero-order valence-electron chi connectivity index (χ0n) is 13.8. The van der Waals surface area contributed by atoms with Crippen LogP contribution in [-0.4, -0.2) is 56.5 Å². The molecule has 23 heavy (non-hydrogen) atoms. The maximum atomic E-state index is 11.1. The van der Waals surface area contributed by atoms with E-state index in [1.807, 2.05) is 18.2 Å². The third kappa shape index (κ3) is 5.11. The van der Waals surface area contributed by atoms with Crippen molar-refractivity contribution in [1.82, 2.24) is 4.90 Å². The number of likely N-dealkylation sites (tertiary alicyclic amines) is 1. The van der Waals surface area contributed by atoms with E-state index in [0.29, 0.717) is 31.3 Å². The lowest BCUT2D eigenvalue weighted by Crippen LogP contribution is -2.38. The molecule has 0 saturated carbocycles. The van der Waals surface area contributed by atoms with Gasteiger partial charge in [-0.2, -0.15) is 0 Å². The minimum absolute atomic E-state index is 0.262. The normalized spacial score (nSPS) is 18.6. The minimum Gasteiger partial charge on any atom is -0.493 e. The Morgan fingerprint density at radius 3 is 2.83 bits per heavy atom. The van der Waals surface area contributed by atoms with Crippen molar-refractivity contribution in [1.29, 1.82) is 0 Å². The Hall–Kier alpha value is -1.79. The van der Waals surface area contributed by atoms with Crippen LogP contribution in [-0.2, 0) is 16.1 Å². The van der Waals surface area contributed by atoms with Crippen LogP contribution < -0.4 is 9.47 Å². The molecule has 0 amide bonds. The second-order valence-corrected chi connectivity index (χ2v) is 5.74. The van der Waals surface area contributed by atoms with Crippen molar-refractivity contribution in [3.05, 3.63) is 23.8 Å². The summed E-state index contributed by atoms with van der Waals surface area (Å²) in [7, 11) is 3.25. The van der Waals surface area contributed by atoms with Gasteiger partial charge >= 0.3 is 5.97 Å². The monoisotopic (exact) mass is 323 g/mol. The minimum atomic E-state index is -0.700. The van der Waals surface area contributed by atoms with E-state index in [1.54, 1.807) is 14.2 Å². The topological polar surface area (TPSA) is 68.2 Å². The van der Waals surface area contributed by atoms with Crippen LogP contribution in [0.2, 0.25) is 0 Å². The zero-order chi connectivity index (χ0) is 16.7. The number of hydrogen-bond acceptors (Lipinski definition) is 5. The van der Waals surface area contributed by atoms with Crippen LogP contribution in [0.3, 0.4) is 0 Å². The molecule has 0 radical (unpaired) electrons. The summed E-state index contributed by atoms with van der Waals surface area (Å²) < 4.78 is 16.0. The molecule has 0 aliphatic carbocycles. The van der Waals surface area contributed by atoms with Crippen molar-refractivity contribution in [2.24, 2.45) is 5.92 Å². The lowest BCUT2D eigenvalue weighted by molar-refractivity contribution is -0.143. The fourth-order valence-corrected chi connectivity index (χ4v) is 2.82. The highest BCUT2D eigenvalue weighted by Crippen LogP contribution is 2.29. The number of piperidine rings is 1. The SMILES string of the molecule is COCCOc1ccc(CN2CCCC(C(=O)O)C2)cc1OC. The Bertz CT molecular complexity index is 520. The summed E-state index contributed by atoms with van der Waals surface area (Å²) in [5, 5.41) is 9.17. The Morgan fingerprint density at radius 2 is 2.13 bits per heavy atom. The van der Waals surface area contributed by atoms with Gasteiger partial charge in [-0.1, -0.05) is 6.07 Å². The van der Waals surface area contributed by atoms with Gasteiger partial charge in [0, 0.05) is 20.2 Å². The number of benzene rings is 1. The summed E-state index contributed by atoms with van der Waals surface area (Å²) in [4.78, 5) is 13.3. The first-order valence-corrected chi connectivity index (χ1v) is 7.88. The van der Waals surface area contributed by atoms with Crippen LogP contribution in [0.5, 0.6) is 11.5 Å². The van der Waals surface area contributed by atoms with Gasteiger partial charge in [0.1, 0.15) is 6.61 Å². The molecule has 6 nitrogen and oxygen atoms in total. The fraction of sp³-hybridized carbons (Fsp3) is 0.588. The summed E-state index contributed by atoms with van der Waals surface area (Å²) in [6.45, 7) is 3.24. The molecular formula is C17H25NO5. The number of ether oxygens (including phenoxy) is 3. The van der Waals surface area contributed by atoms with E-state index in [4.69, 9.17) is 14.2 Å². The smallest absolute Gasteiger partial charge is 0.307 e. The fourth-order valence-electron chi connectivity index (χ4n) is 2.82. The first-order valence-electron chi connectivity index (χ1n) is 7.88. The van der Waals surface area contributed by atoms with E-state index in [9.17, 15) is 9.90 Å². The maximum absolute atomic E-state index is 11.1. The van der Waals surface area contributed by atoms with Crippen LogP contribution in [0.25, 0.3) is 0 Å². The van der Waals surface area contributed by atoms with Gasteiger partial charge in [0.25, 0.3) is 0 Å². The van der Waals surface area contributed by atoms with Gasteiger partial charge in [0.15, 0.2) is 11.5 Å². The molecular weight excluding hydrogens is 298 g/mol. The van der Waals surface area contributed by atoms with Crippen LogP contribution in [0.1, 0.15) is 18.4 Å². The van der Waals surface area contributed by atoms with Gasteiger partial charge < -0.3 is 19.3 Å². The molecule has 1 unspecified atom stereocenters. The molecule has 0 aromatic heterocycles. The van der Waals surface area contributed by atoms with E-state index in [0.717, 1.165) is 31.5 Å². The highest BCUT2D eigenvalue weighted by atomic mass is 16.5. The molecule has 1 heterocycles. The van der Waals surface area contributed by atoms with Crippen LogP contribution >= 0.6 is 0 Å². The molecule has 128 valence electrons. The largest absolute Gasteiger partial charge is 0.493 e. The third-order valence-corrected chi connectivity index (χ3v) is 4.03. The summed E-state index contributed by atoms with van der Waals surface area (Å²) >= 11 is 0. The van der Waals surface area contributed by atoms with E-state index >= 15 is 0 Å². The Morgan fingerprint density at radius 1 is 1.30 bits per heavy atom. The maximum Gasteiger partial charge on any atom is 0.307 e. The number of carboxylic acid groups (broad SMARTS) is 1. The van der Waals surface area contributed by atoms with Gasteiger partial charge in [0.2, 0.25) is 0 Å². The molecule has 1 aromatic carbocycles. The lowest BCUT2D eigenvalue weighted by Gasteiger charge is -2.30. The van der Waals surface area contributed by atoms with E-state index in [1.165, 1.54) is 0 Å². The predicted octanol–water partition coefficient (Wildman–Crippen LogP) is 2.02. The highest BCUT2D eigenvalue weighted by Gasteiger charge is 2.25. The van der Waals surface area contributed by atoms with Crippen molar-refractivity contribution in [3.63, 3.8) is 0 Å². The van der Waals surface area contributed by atoms with Crippen molar-refractivity contribution >= 4 is 5.97 Å². The van der Waals surface area contributed by atoms with Crippen molar-refractivity contribution in [3.8, 4) is 11.5 Å². The number of nitrogens with zero attached hydrogens (tertiary/aromatic N) is 1. The van der Waals surface area contributed by atoms with Gasteiger partial charge in [-0.25, -0.2) is 0 Å². The van der Waals surface area contributed by atoms with Gasteiger partial charge in [-0.3, -0.25) is 9.69 Å². The Labute approximate surface area is 136 Å². The van der Waals surface area contributed by atoms with Crippen molar-refractivity contribution in [2.45, 2.75) is 19.4 Å². The number of carboxylic acids is 1. The van der Waals surface area contributed by atoms with Crippen molar-refractivity contribution in [2.75, 3.05) is 40.5 Å². The summed E-state index contributed by atoms with van der Waals surface area (Å²) in [5.74, 6) is 0.414. The molecule has 0 bridgehead atoms. The summed E-state index contributed by atoms with van der Waals surface area (Å²) in [6, 6.07) is 5.84. The average Bonchev–Trinajstić information content (AvgIpc) is 2.56. The number of rotatable bonds is 8. The molecule has 1 saturated heterocycles. The predicted molar refractivity (Wildman–Crippen MR) is 86.0 cm³/mol. The average molecular weight is 323 g/mol. The second-order valence-electron chi connectivity index (χ2n) is 5.74. The first-order chi connectivity index (χ1) is 11.1. The molecule has 6 heteroatoms. The summed E-state index contributed by atoms with van der Waals surface area (Å²) in [6.07, 6.45) is 1.69. The molecule has 1 N–H and O–H groups in total. The van der Waals surface area contributed by atoms with Crippen LogP contribution in [0, 0.1) is 5.92 Å². The van der Waals surface area contributed by atoms with Crippen LogP contribution in [0.4, 0.5) is 0 Å². The second kappa shape index (κ2) is 8.74. The number of methoxy groups -OCH3 is 2. The zero-order valence-corrected chi connectivity index (χ0v) is 13.8. The standard InChI is InChI=1S/C17H25NO5/c1-21-8-9-23-15-6-5-13(10-16(15)22-2)11-18-7-3-4-14(12-18)17(19)20/h5-6,10,14H,3-4,7-9,11-12H2,1-2H3,(H,19,20).